The van der Waals surface area contributed by atoms with Crippen LogP contribution in [-0.2, 0) is 0 Å². The SMILES string of the molecule is NCCNN1C=NC=C2C=CC=C3NC=CC231. The Hall–Kier alpha value is -1.85. The maximum absolute atomic E-state index is 5.54. The van der Waals surface area contributed by atoms with E-state index in [1.807, 2.05) is 23.5 Å². The van der Waals surface area contributed by atoms with Gasteiger partial charge in [-0.2, -0.15) is 0 Å². The highest BCUT2D eigenvalue weighted by Crippen LogP contribution is 2.39. The molecule has 3 aliphatic rings. The van der Waals surface area contributed by atoms with E-state index in [4.69, 9.17) is 5.73 Å². The summed E-state index contributed by atoms with van der Waals surface area (Å²) in [6.07, 6.45) is 14.0. The van der Waals surface area contributed by atoms with Crippen LogP contribution in [0.15, 0.2) is 53.0 Å². The van der Waals surface area contributed by atoms with Crippen molar-refractivity contribution in [2.24, 2.45) is 10.7 Å². The van der Waals surface area contributed by atoms with E-state index in [0.717, 1.165) is 11.3 Å². The zero-order valence-electron chi connectivity index (χ0n) is 9.43. The summed E-state index contributed by atoms with van der Waals surface area (Å²) < 4.78 is 0. The average molecular weight is 229 g/mol. The second-order valence-corrected chi connectivity index (χ2v) is 4.10. The van der Waals surface area contributed by atoms with Crippen molar-refractivity contribution in [3.05, 3.63) is 48.0 Å². The van der Waals surface area contributed by atoms with Crippen LogP contribution in [0.5, 0.6) is 0 Å². The largest absolute Gasteiger partial charge is 0.363 e. The number of rotatable bonds is 3. The first-order valence-corrected chi connectivity index (χ1v) is 5.68. The fraction of sp³-hybridized carbons (Fsp3) is 0.250. The molecule has 1 spiro atoms. The first-order chi connectivity index (χ1) is 8.38. The second-order valence-electron chi connectivity index (χ2n) is 4.10. The third-order valence-corrected chi connectivity index (χ3v) is 3.16. The van der Waals surface area contributed by atoms with Crippen LogP contribution in [0.4, 0.5) is 0 Å². The third-order valence-electron chi connectivity index (χ3n) is 3.16. The molecule has 0 fully saturated rings. The van der Waals surface area contributed by atoms with Gasteiger partial charge in [-0.1, -0.05) is 12.2 Å². The number of aliphatic imine (C=N–C) groups is 1. The molecule has 2 aliphatic heterocycles. The van der Waals surface area contributed by atoms with Gasteiger partial charge in [-0.05, 0) is 18.4 Å². The molecule has 0 amide bonds. The minimum Gasteiger partial charge on any atom is -0.363 e. The molecule has 0 aromatic carbocycles. The van der Waals surface area contributed by atoms with Crippen LogP contribution < -0.4 is 16.5 Å². The highest BCUT2D eigenvalue weighted by Gasteiger charge is 2.45. The predicted molar refractivity (Wildman–Crippen MR) is 67.7 cm³/mol. The number of nitrogens with zero attached hydrogens (tertiary/aromatic N) is 2. The van der Waals surface area contributed by atoms with E-state index in [9.17, 15) is 0 Å². The van der Waals surface area contributed by atoms with Gasteiger partial charge < -0.3 is 11.1 Å². The molecule has 0 aromatic heterocycles. The zero-order valence-corrected chi connectivity index (χ0v) is 9.43. The fourth-order valence-corrected chi connectivity index (χ4v) is 2.37. The van der Waals surface area contributed by atoms with E-state index in [1.54, 1.807) is 6.34 Å². The number of allylic oxidation sites excluding steroid dienone is 2. The summed E-state index contributed by atoms with van der Waals surface area (Å²) in [5.74, 6) is 0. The molecule has 1 atom stereocenters. The summed E-state index contributed by atoms with van der Waals surface area (Å²) in [6.45, 7) is 1.30. The van der Waals surface area contributed by atoms with Gasteiger partial charge in [0.25, 0.3) is 0 Å². The second kappa shape index (κ2) is 3.87. The number of hydrogen-bond acceptors (Lipinski definition) is 5. The molecule has 0 saturated heterocycles. The van der Waals surface area contributed by atoms with Crippen LogP contribution in [0.25, 0.3) is 0 Å². The summed E-state index contributed by atoms with van der Waals surface area (Å²) >= 11 is 0. The van der Waals surface area contributed by atoms with Gasteiger partial charge in [0, 0.05) is 24.9 Å². The molecule has 0 aromatic rings. The molecule has 0 saturated carbocycles. The quantitative estimate of drug-likeness (QED) is 0.636. The highest BCUT2D eigenvalue weighted by atomic mass is 15.6. The van der Waals surface area contributed by atoms with E-state index in [0.29, 0.717) is 13.1 Å². The summed E-state index contributed by atoms with van der Waals surface area (Å²) in [5, 5.41) is 5.27. The van der Waals surface area contributed by atoms with Crippen molar-refractivity contribution in [2.75, 3.05) is 13.1 Å². The van der Waals surface area contributed by atoms with Gasteiger partial charge in [-0.15, -0.1) is 0 Å². The number of hydrazine groups is 1. The van der Waals surface area contributed by atoms with E-state index in [2.05, 4.69) is 34.0 Å². The number of nitrogens with one attached hydrogen (secondary N) is 2. The Kier molecular flexibility index (Phi) is 2.35. The molecule has 5 nitrogen and oxygen atoms in total. The topological polar surface area (TPSA) is 65.7 Å². The average Bonchev–Trinajstić information content (AvgIpc) is 2.79. The maximum atomic E-state index is 5.54. The Morgan fingerprint density at radius 3 is 3.35 bits per heavy atom. The van der Waals surface area contributed by atoms with Crippen LogP contribution in [0, 0.1) is 0 Å². The Bertz CT molecular complexity index is 471. The lowest BCUT2D eigenvalue weighted by atomic mass is 9.83. The number of hydrogen-bond donors (Lipinski definition) is 3. The third kappa shape index (κ3) is 1.36. The first-order valence-electron chi connectivity index (χ1n) is 5.68. The Morgan fingerprint density at radius 2 is 2.47 bits per heavy atom. The molecule has 3 rings (SSSR count). The van der Waals surface area contributed by atoms with Crippen molar-refractivity contribution in [2.45, 2.75) is 5.54 Å². The van der Waals surface area contributed by atoms with Crippen molar-refractivity contribution in [1.82, 2.24) is 15.8 Å². The smallest absolute Gasteiger partial charge is 0.143 e. The van der Waals surface area contributed by atoms with Crippen LogP contribution in [0.1, 0.15) is 0 Å². The zero-order chi connectivity index (χ0) is 11.7. The van der Waals surface area contributed by atoms with E-state index in [1.165, 1.54) is 0 Å². The summed E-state index contributed by atoms with van der Waals surface area (Å²) in [7, 11) is 0. The normalized spacial score (nSPS) is 28.4. The van der Waals surface area contributed by atoms with Crippen LogP contribution in [0.2, 0.25) is 0 Å². The molecule has 1 unspecified atom stereocenters. The van der Waals surface area contributed by atoms with E-state index >= 15 is 0 Å². The van der Waals surface area contributed by atoms with Crippen molar-refractivity contribution in [3.63, 3.8) is 0 Å². The molecule has 5 heteroatoms. The van der Waals surface area contributed by atoms with Gasteiger partial charge in [0.1, 0.15) is 11.9 Å². The lowest BCUT2D eigenvalue weighted by Crippen LogP contribution is -2.58. The molecule has 2 heterocycles. The van der Waals surface area contributed by atoms with Gasteiger partial charge >= 0.3 is 0 Å². The van der Waals surface area contributed by atoms with Gasteiger partial charge in [0.15, 0.2) is 0 Å². The minimum absolute atomic E-state index is 0.286. The molecule has 4 N–H and O–H groups in total. The first kappa shape index (κ1) is 10.3. The van der Waals surface area contributed by atoms with Crippen molar-refractivity contribution in [1.29, 1.82) is 0 Å². The Balaban J connectivity index is 2.00. The monoisotopic (exact) mass is 229 g/mol. The highest BCUT2D eigenvalue weighted by molar-refractivity contribution is 5.69. The van der Waals surface area contributed by atoms with Crippen molar-refractivity contribution in [3.8, 4) is 0 Å². The molecule has 1 aliphatic carbocycles. The molecular formula is C12H15N5. The molecule has 0 radical (unpaired) electrons. The lowest BCUT2D eigenvalue weighted by Gasteiger charge is -2.43. The Morgan fingerprint density at radius 1 is 1.53 bits per heavy atom. The van der Waals surface area contributed by atoms with Crippen molar-refractivity contribution < 1.29 is 0 Å². The van der Waals surface area contributed by atoms with Gasteiger partial charge in [0.2, 0.25) is 0 Å². The van der Waals surface area contributed by atoms with Gasteiger partial charge in [-0.3, -0.25) is 5.01 Å². The standard InChI is InChI=1S/C12H15N5/c13-5-7-16-17-9-14-8-10-2-1-3-11-12(10,17)4-6-15-11/h1-4,6,8-9,15-16H,5,7,13H2. The minimum atomic E-state index is -0.286. The molecular weight excluding hydrogens is 214 g/mol. The summed E-state index contributed by atoms with van der Waals surface area (Å²) in [6, 6.07) is 0. The lowest BCUT2D eigenvalue weighted by molar-refractivity contribution is 0.230. The molecule has 0 bridgehead atoms. The van der Waals surface area contributed by atoms with Crippen molar-refractivity contribution >= 4 is 6.34 Å². The molecule has 88 valence electrons. The summed E-state index contributed by atoms with van der Waals surface area (Å²) in [4.78, 5) is 4.25. The van der Waals surface area contributed by atoms with Crippen LogP contribution in [0.3, 0.4) is 0 Å². The summed E-state index contributed by atoms with van der Waals surface area (Å²) in [5.41, 5.74) is 10.8. The van der Waals surface area contributed by atoms with Gasteiger partial charge in [-0.25, -0.2) is 10.4 Å². The predicted octanol–water partition coefficient (Wildman–Crippen LogP) is -0.0131. The van der Waals surface area contributed by atoms with Crippen LogP contribution in [-0.4, -0.2) is 30.0 Å². The molecule has 17 heavy (non-hydrogen) atoms. The van der Waals surface area contributed by atoms with E-state index in [-0.39, 0.29) is 5.54 Å². The number of nitrogens with two attached hydrogens (primary N) is 1. The maximum Gasteiger partial charge on any atom is 0.143 e. The van der Waals surface area contributed by atoms with E-state index < -0.39 is 0 Å². The van der Waals surface area contributed by atoms with Gasteiger partial charge in [0.05, 0.1) is 5.70 Å². The van der Waals surface area contributed by atoms with Crippen LogP contribution >= 0.6 is 0 Å². The fourth-order valence-electron chi connectivity index (χ4n) is 2.37. The Labute approximate surface area is 100 Å².